The average Bonchev–Trinajstić information content (AvgIpc) is 2.55. The Bertz CT molecular complexity index is 703. The third-order valence-electron chi connectivity index (χ3n) is 3.26. The van der Waals surface area contributed by atoms with Crippen molar-refractivity contribution in [3.05, 3.63) is 70.5 Å². The van der Waals surface area contributed by atoms with Gasteiger partial charge < -0.3 is 10.1 Å². The maximum absolute atomic E-state index is 13.7. The van der Waals surface area contributed by atoms with Gasteiger partial charge in [-0.3, -0.25) is 4.79 Å². The maximum atomic E-state index is 13.7. The van der Waals surface area contributed by atoms with E-state index in [4.69, 9.17) is 16.3 Å². The van der Waals surface area contributed by atoms with Crippen LogP contribution in [0.1, 0.15) is 15.9 Å². The number of esters is 1. The molecule has 0 aliphatic rings. The normalized spacial score (nSPS) is 11.6. The van der Waals surface area contributed by atoms with Gasteiger partial charge in [-0.25, -0.2) is 9.18 Å². The molecule has 1 N–H and O–H groups in total. The molecule has 2 rings (SSSR count). The Morgan fingerprint density at radius 3 is 2.43 bits per heavy atom. The van der Waals surface area contributed by atoms with E-state index in [0.717, 1.165) is 5.56 Å². The largest absolute Gasteiger partial charge is 0.467 e. The minimum atomic E-state index is -0.923. The summed E-state index contributed by atoms with van der Waals surface area (Å²) < 4.78 is 18.4. The zero-order valence-electron chi connectivity index (χ0n) is 12.4. The third kappa shape index (κ3) is 4.53. The smallest absolute Gasteiger partial charge is 0.328 e. The summed E-state index contributed by atoms with van der Waals surface area (Å²) >= 11 is 5.82. The predicted octanol–water partition coefficient (Wildman–Crippen LogP) is 2.99. The highest BCUT2D eigenvalue weighted by Crippen LogP contribution is 2.12. The van der Waals surface area contributed by atoms with Gasteiger partial charge in [0, 0.05) is 11.4 Å². The minimum absolute atomic E-state index is 0.127. The van der Waals surface area contributed by atoms with Gasteiger partial charge in [-0.15, -0.1) is 0 Å². The first-order chi connectivity index (χ1) is 11.0. The first-order valence-corrected chi connectivity index (χ1v) is 7.26. The van der Waals surface area contributed by atoms with Crippen molar-refractivity contribution < 1.29 is 18.7 Å². The molecule has 0 saturated heterocycles. The summed E-state index contributed by atoms with van der Waals surface area (Å²) in [6, 6.07) is 11.5. The van der Waals surface area contributed by atoms with Crippen molar-refractivity contribution in [1.82, 2.24) is 5.32 Å². The van der Waals surface area contributed by atoms with Crippen LogP contribution in [-0.4, -0.2) is 25.0 Å². The van der Waals surface area contributed by atoms with Crippen LogP contribution in [0.2, 0.25) is 5.02 Å². The molecule has 0 unspecified atom stereocenters. The number of hydrogen-bond donors (Lipinski definition) is 1. The lowest BCUT2D eigenvalue weighted by Crippen LogP contribution is -2.43. The van der Waals surface area contributed by atoms with E-state index in [1.165, 1.54) is 25.3 Å². The van der Waals surface area contributed by atoms with Gasteiger partial charge in [-0.2, -0.15) is 0 Å². The van der Waals surface area contributed by atoms with E-state index in [-0.39, 0.29) is 12.0 Å². The molecule has 1 amide bonds. The van der Waals surface area contributed by atoms with Gasteiger partial charge in [0.2, 0.25) is 0 Å². The zero-order chi connectivity index (χ0) is 16.8. The quantitative estimate of drug-likeness (QED) is 0.855. The Balaban J connectivity index is 2.15. The molecule has 0 heterocycles. The molecule has 0 aromatic heterocycles. The molecular weight excluding hydrogens is 321 g/mol. The van der Waals surface area contributed by atoms with Crippen LogP contribution < -0.4 is 5.32 Å². The van der Waals surface area contributed by atoms with Crippen molar-refractivity contribution in [3.8, 4) is 0 Å². The van der Waals surface area contributed by atoms with Crippen LogP contribution in [0.5, 0.6) is 0 Å². The van der Waals surface area contributed by atoms with Crippen LogP contribution in [-0.2, 0) is 16.0 Å². The highest BCUT2D eigenvalue weighted by atomic mass is 35.5. The number of methoxy groups -OCH3 is 1. The third-order valence-corrected chi connectivity index (χ3v) is 3.51. The molecular formula is C17H15ClFNO3. The highest BCUT2D eigenvalue weighted by Gasteiger charge is 2.23. The van der Waals surface area contributed by atoms with Crippen molar-refractivity contribution in [2.24, 2.45) is 0 Å². The van der Waals surface area contributed by atoms with E-state index < -0.39 is 23.7 Å². The van der Waals surface area contributed by atoms with Crippen molar-refractivity contribution in [1.29, 1.82) is 0 Å². The Morgan fingerprint density at radius 1 is 1.17 bits per heavy atom. The molecule has 0 bridgehead atoms. The second-order valence-electron chi connectivity index (χ2n) is 4.86. The average molecular weight is 336 g/mol. The number of carbonyl (C=O) groups excluding carboxylic acids is 2. The van der Waals surface area contributed by atoms with Crippen molar-refractivity contribution in [2.45, 2.75) is 12.5 Å². The summed E-state index contributed by atoms with van der Waals surface area (Å²) in [7, 11) is 1.23. The van der Waals surface area contributed by atoms with Gasteiger partial charge in [0.25, 0.3) is 5.91 Å². The van der Waals surface area contributed by atoms with Gasteiger partial charge in [0.1, 0.15) is 11.9 Å². The summed E-state index contributed by atoms with van der Waals surface area (Å²) in [5, 5.41) is 3.07. The molecule has 0 spiro atoms. The second-order valence-corrected chi connectivity index (χ2v) is 5.30. The monoisotopic (exact) mass is 335 g/mol. The number of halogens is 2. The first kappa shape index (κ1) is 17.0. The van der Waals surface area contributed by atoms with Crippen molar-refractivity contribution in [3.63, 3.8) is 0 Å². The predicted molar refractivity (Wildman–Crippen MR) is 84.8 cm³/mol. The standard InChI is InChI=1S/C17H15ClFNO3/c1-23-17(22)15(10-11-6-8-12(18)9-7-11)20-16(21)13-4-2-3-5-14(13)19/h2-9,15H,10H2,1H3,(H,20,21)/t15-/m1/s1. The Kier molecular flexibility index (Phi) is 5.71. The van der Waals surface area contributed by atoms with Gasteiger partial charge in [-0.05, 0) is 29.8 Å². The van der Waals surface area contributed by atoms with Gasteiger partial charge in [-0.1, -0.05) is 35.9 Å². The number of benzene rings is 2. The van der Waals surface area contributed by atoms with E-state index in [9.17, 15) is 14.0 Å². The Labute approximate surface area is 138 Å². The molecule has 0 saturated carbocycles. The van der Waals surface area contributed by atoms with E-state index in [2.05, 4.69) is 5.32 Å². The van der Waals surface area contributed by atoms with Crippen LogP contribution in [0.15, 0.2) is 48.5 Å². The number of rotatable bonds is 5. The maximum Gasteiger partial charge on any atom is 0.328 e. The van der Waals surface area contributed by atoms with Gasteiger partial charge in [0.05, 0.1) is 12.7 Å². The molecule has 23 heavy (non-hydrogen) atoms. The topological polar surface area (TPSA) is 55.4 Å². The fourth-order valence-corrected chi connectivity index (χ4v) is 2.20. The molecule has 6 heteroatoms. The van der Waals surface area contributed by atoms with Crippen LogP contribution in [0.3, 0.4) is 0 Å². The molecule has 0 radical (unpaired) electrons. The Morgan fingerprint density at radius 2 is 1.83 bits per heavy atom. The summed E-state index contributed by atoms with van der Waals surface area (Å²) in [6.45, 7) is 0. The fourth-order valence-electron chi connectivity index (χ4n) is 2.07. The number of ether oxygens (including phenoxy) is 1. The lowest BCUT2D eigenvalue weighted by Gasteiger charge is -2.17. The van der Waals surface area contributed by atoms with Crippen LogP contribution >= 0.6 is 11.6 Å². The van der Waals surface area contributed by atoms with Crippen molar-refractivity contribution in [2.75, 3.05) is 7.11 Å². The number of amides is 1. The fraction of sp³-hybridized carbons (Fsp3) is 0.176. The van der Waals surface area contributed by atoms with Gasteiger partial charge in [0.15, 0.2) is 0 Å². The summed E-state index contributed by atoms with van der Waals surface area (Å²) in [6.07, 6.45) is 0.212. The van der Waals surface area contributed by atoms with Crippen LogP contribution in [0.25, 0.3) is 0 Å². The van der Waals surface area contributed by atoms with Crippen LogP contribution in [0.4, 0.5) is 4.39 Å². The lowest BCUT2D eigenvalue weighted by atomic mass is 10.1. The lowest BCUT2D eigenvalue weighted by molar-refractivity contribution is -0.142. The zero-order valence-corrected chi connectivity index (χ0v) is 13.1. The SMILES string of the molecule is COC(=O)[C@@H](Cc1ccc(Cl)cc1)NC(=O)c1ccccc1F. The van der Waals surface area contributed by atoms with E-state index in [1.54, 1.807) is 30.3 Å². The molecule has 1 atom stereocenters. The van der Waals surface area contributed by atoms with E-state index >= 15 is 0 Å². The number of carbonyl (C=O) groups is 2. The highest BCUT2D eigenvalue weighted by molar-refractivity contribution is 6.30. The van der Waals surface area contributed by atoms with E-state index in [1.807, 2.05) is 0 Å². The molecule has 2 aromatic rings. The molecule has 0 aliphatic carbocycles. The minimum Gasteiger partial charge on any atom is -0.467 e. The number of hydrogen-bond acceptors (Lipinski definition) is 3. The summed E-state index contributed by atoms with van der Waals surface area (Å²) in [4.78, 5) is 24.0. The summed E-state index contributed by atoms with van der Waals surface area (Å²) in [5.41, 5.74) is 0.663. The first-order valence-electron chi connectivity index (χ1n) is 6.89. The van der Waals surface area contributed by atoms with Crippen molar-refractivity contribution >= 4 is 23.5 Å². The van der Waals surface area contributed by atoms with Gasteiger partial charge >= 0.3 is 5.97 Å². The molecule has 0 fully saturated rings. The Hall–Kier alpha value is -2.40. The summed E-state index contributed by atoms with van der Waals surface area (Å²) in [5.74, 6) is -1.93. The van der Waals surface area contributed by atoms with Crippen LogP contribution in [0, 0.1) is 5.82 Å². The molecule has 4 nitrogen and oxygen atoms in total. The van der Waals surface area contributed by atoms with E-state index in [0.29, 0.717) is 5.02 Å². The second kappa shape index (κ2) is 7.74. The molecule has 2 aromatic carbocycles. The molecule has 0 aliphatic heterocycles. The number of nitrogens with one attached hydrogen (secondary N) is 1. The molecule has 120 valence electrons.